The third kappa shape index (κ3) is 3.97. The van der Waals surface area contributed by atoms with Gasteiger partial charge >= 0.3 is 11.9 Å². The average Bonchev–Trinajstić information content (AvgIpc) is 2.10. The molecule has 6 nitrogen and oxygen atoms in total. The lowest BCUT2D eigenvalue weighted by atomic mass is 9.98. The first kappa shape index (κ1) is 13.4. The Morgan fingerprint density at radius 2 is 1.87 bits per heavy atom. The van der Waals surface area contributed by atoms with Gasteiger partial charge in [0, 0.05) is 0 Å². The predicted octanol–water partition coefficient (Wildman–Crippen LogP) is 0.422. The Morgan fingerprint density at radius 1 is 1.40 bits per heavy atom. The number of hydrogen-bond donors (Lipinski definition) is 1. The van der Waals surface area contributed by atoms with Gasteiger partial charge in [-0.05, 0) is 27.7 Å². The summed E-state index contributed by atoms with van der Waals surface area (Å²) in [5.41, 5.74) is -0.792. The summed E-state index contributed by atoms with van der Waals surface area (Å²) in [7, 11) is 0. The van der Waals surface area contributed by atoms with E-state index in [0.29, 0.717) is 5.06 Å². The molecule has 1 N–H and O–H groups in total. The summed E-state index contributed by atoms with van der Waals surface area (Å²) < 4.78 is 0. The van der Waals surface area contributed by atoms with Crippen molar-refractivity contribution in [2.45, 2.75) is 33.7 Å². The number of nitrogens with zero attached hydrogens (tertiary/aromatic N) is 1. The van der Waals surface area contributed by atoms with Gasteiger partial charge < -0.3 is 9.94 Å². The third-order valence-electron chi connectivity index (χ3n) is 1.64. The lowest BCUT2D eigenvalue weighted by Crippen LogP contribution is -2.41. The molecule has 0 fully saturated rings. The summed E-state index contributed by atoms with van der Waals surface area (Å²) in [6.45, 7) is 6.05. The number of hydroxylamine groups is 2. The molecule has 0 spiro atoms. The Hall–Kier alpha value is -1.59. The van der Waals surface area contributed by atoms with E-state index in [0.717, 1.165) is 0 Å². The molecule has 15 heavy (non-hydrogen) atoms. The van der Waals surface area contributed by atoms with Crippen molar-refractivity contribution in [3.63, 3.8) is 0 Å². The first-order valence-electron chi connectivity index (χ1n) is 4.39. The predicted molar refractivity (Wildman–Crippen MR) is 50.5 cm³/mol. The van der Waals surface area contributed by atoms with Gasteiger partial charge in [0.05, 0.1) is 5.41 Å². The van der Waals surface area contributed by atoms with E-state index in [1.54, 1.807) is 20.8 Å². The molecule has 0 rings (SSSR count). The zero-order valence-electron chi connectivity index (χ0n) is 9.18. The van der Waals surface area contributed by atoms with Gasteiger partial charge in [-0.3, -0.25) is 4.79 Å². The number of amides is 1. The van der Waals surface area contributed by atoms with Crippen molar-refractivity contribution >= 4 is 18.3 Å². The van der Waals surface area contributed by atoms with Crippen molar-refractivity contribution in [2.24, 2.45) is 5.41 Å². The van der Waals surface area contributed by atoms with Crippen LogP contribution in [0.2, 0.25) is 0 Å². The van der Waals surface area contributed by atoms with Gasteiger partial charge in [-0.25, -0.2) is 9.59 Å². The van der Waals surface area contributed by atoms with Crippen LogP contribution in [0.5, 0.6) is 0 Å². The highest BCUT2D eigenvalue weighted by molar-refractivity contribution is 5.78. The van der Waals surface area contributed by atoms with Gasteiger partial charge in [0.25, 0.3) is 0 Å². The Labute approximate surface area is 87.8 Å². The minimum absolute atomic E-state index is 0.169. The van der Waals surface area contributed by atoms with Crippen molar-refractivity contribution in [3.8, 4) is 0 Å². The number of hydrogen-bond acceptors (Lipinski definition) is 4. The monoisotopic (exact) mass is 217 g/mol. The molecular weight excluding hydrogens is 202 g/mol. The number of rotatable bonds is 4. The molecule has 0 saturated carbocycles. The topological polar surface area (TPSA) is 83.9 Å². The minimum atomic E-state index is -1.25. The highest BCUT2D eigenvalue weighted by atomic mass is 16.7. The second kappa shape index (κ2) is 4.77. The van der Waals surface area contributed by atoms with Gasteiger partial charge in [0.15, 0.2) is 6.04 Å². The fourth-order valence-corrected chi connectivity index (χ4v) is 0.533. The van der Waals surface area contributed by atoms with Crippen LogP contribution < -0.4 is 0 Å². The van der Waals surface area contributed by atoms with Crippen LogP contribution in [0.3, 0.4) is 0 Å². The average molecular weight is 217 g/mol. The van der Waals surface area contributed by atoms with E-state index in [1.807, 2.05) is 0 Å². The Balaban J connectivity index is 4.54. The standard InChI is InChI=1S/C9H15NO5/c1-6(7(12)13)10(5-11)15-8(14)9(2,3)4/h5-6H,1-4H3,(H,12,13)/t6-/m0/s1. The lowest BCUT2D eigenvalue weighted by molar-refractivity contribution is -0.208. The molecule has 0 unspecified atom stereocenters. The van der Waals surface area contributed by atoms with E-state index in [2.05, 4.69) is 4.84 Å². The van der Waals surface area contributed by atoms with Crippen LogP contribution in [0.15, 0.2) is 0 Å². The van der Waals surface area contributed by atoms with Crippen LogP contribution in [0, 0.1) is 5.41 Å². The highest BCUT2D eigenvalue weighted by Gasteiger charge is 2.29. The summed E-state index contributed by atoms with van der Waals surface area (Å²) in [5.74, 6) is -1.91. The first-order chi connectivity index (χ1) is 6.70. The fourth-order valence-electron chi connectivity index (χ4n) is 0.533. The van der Waals surface area contributed by atoms with E-state index in [-0.39, 0.29) is 6.41 Å². The van der Waals surface area contributed by atoms with Gasteiger partial charge in [-0.2, -0.15) is 5.06 Å². The number of carboxylic acid groups (broad SMARTS) is 1. The van der Waals surface area contributed by atoms with Crippen LogP contribution in [0.1, 0.15) is 27.7 Å². The summed E-state index contributed by atoms with van der Waals surface area (Å²) >= 11 is 0. The maximum absolute atomic E-state index is 11.3. The van der Waals surface area contributed by atoms with Gasteiger partial charge in [-0.1, -0.05) is 0 Å². The van der Waals surface area contributed by atoms with Crippen molar-refractivity contribution in [2.75, 3.05) is 0 Å². The SMILES string of the molecule is C[C@@H](C(=O)O)N(C=O)OC(=O)C(C)(C)C. The smallest absolute Gasteiger partial charge is 0.337 e. The van der Waals surface area contributed by atoms with Crippen LogP contribution >= 0.6 is 0 Å². The van der Waals surface area contributed by atoms with E-state index < -0.39 is 23.4 Å². The zero-order valence-corrected chi connectivity index (χ0v) is 9.18. The number of carbonyl (C=O) groups excluding carboxylic acids is 2. The molecule has 0 aromatic rings. The molecule has 1 amide bonds. The summed E-state index contributed by atoms with van der Waals surface area (Å²) in [6, 6.07) is -1.20. The van der Waals surface area contributed by atoms with Crippen molar-refractivity contribution < 1.29 is 24.3 Å². The molecule has 0 aromatic heterocycles. The normalized spacial score (nSPS) is 12.8. The van der Waals surface area contributed by atoms with Crippen LogP contribution in [-0.2, 0) is 19.2 Å². The second-order valence-electron chi connectivity index (χ2n) is 4.11. The molecule has 0 aliphatic rings. The van der Waals surface area contributed by atoms with Crippen molar-refractivity contribution in [3.05, 3.63) is 0 Å². The van der Waals surface area contributed by atoms with Crippen molar-refractivity contribution in [1.82, 2.24) is 5.06 Å². The number of aliphatic carboxylic acids is 1. The number of carbonyl (C=O) groups is 3. The summed E-state index contributed by atoms with van der Waals surface area (Å²) in [4.78, 5) is 37.0. The molecular formula is C9H15NO5. The molecule has 0 saturated heterocycles. The third-order valence-corrected chi connectivity index (χ3v) is 1.64. The molecule has 0 aliphatic carbocycles. The summed E-state index contributed by atoms with van der Waals surface area (Å²) in [5, 5.41) is 9.09. The minimum Gasteiger partial charge on any atom is -0.480 e. The maximum Gasteiger partial charge on any atom is 0.337 e. The molecule has 0 bridgehead atoms. The number of carboxylic acids is 1. The van der Waals surface area contributed by atoms with Crippen LogP contribution in [-0.4, -0.2) is 34.6 Å². The largest absolute Gasteiger partial charge is 0.480 e. The van der Waals surface area contributed by atoms with Crippen LogP contribution in [0.4, 0.5) is 0 Å². The van der Waals surface area contributed by atoms with Gasteiger partial charge in [0.1, 0.15) is 0 Å². The molecule has 0 aliphatic heterocycles. The van der Waals surface area contributed by atoms with Crippen molar-refractivity contribution in [1.29, 1.82) is 0 Å². The Kier molecular flexibility index (Phi) is 4.26. The van der Waals surface area contributed by atoms with E-state index in [4.69, 9.17) is 5.11 Å². The Bertz CT molecular complexity index is 268. The quantitative estimate of drug-likeness (QED) is 0.545. The molecule has 86 valence electrons. The zero-order chi connectivity index (χ0) is 12.2. The molecule has 6 heteroatoms. The van der Waals surface area contributed by atoms with E-state index in [1.165, 1.54) is 6.92 Å². The van der Waals surface area contributed by atoms with Gasteiger partial charge in [0.2, 0.25) is 6.41 Å². The molecule has 0 heterocycles. The first-order valence-corrected chi connectivity index (χ1v) is 4.39. The Morgan fingerprint density at radius 3 is 2.13 bits per heavy atom. The molecule has 0 aromatic carbocycles. The maximum atomic E-state index is 11.3. The molecule has 0 radical (unpaired) electrons. The van der Waals surface area contributed by atoms with Crippen LogP contribution in [0.25, 0.3) is 0 Å². The molecule has 1 atom stereocenters. The lowest BCUT2D eigenvalue weighted by Gasteiger charge is -2.24. The highest BCUT2D eigenvalue weighted by Crippen LogP contribution is 2.16. The van der Waals surface area contributed by atoms with E-state index >= 15 is 0 Å². The second-order valence-corrected chi connectivity index (χ2v) is 4.11. The summed E-state index contributed by atoms with van der Waals surface area (Å²) in [6.07, 6.45) is 0.169. The van der Waals surface area contributed by atoms with Gasteiger partial charge in [-0.15, -0.1) is 0 Å². The fraction of sp³-hybridized carbons (Fsp3) is 0.667. The van der Waals surface area contributed by atoms with E-state index in [9.17, 15) is 14.4 Å².